The number of aromatic amines is 1. The van der Waals surface area contributed by atoms with Crippen molar-refractivity contribution >= 4 is 40.1 Å². The second kappa shape index (κ2) is 12.4. The SMILES string of the molecule is CNC(C)C(=N/C=C\N)/C(=C\N)Oc1cnc2[nH]c(Nc3cc(C4CCCN4C)cc(C(F)(F)F)c3)[n+](C)c2c1Cl. The third kappa shape index (κ3) is 6.42. The fraction of sp³-hybridized carbons (Fsp3) is 0.370. The van der Waals surface area contributed by atoms with E-state index in [9.17, 15) is 13.2 Å². The predicted octanol–water partition coefficient (Wildman–Crippen LogP) is 4.23. The van der Waals surface area contributed by atoms with Gasteiger partial charge >= 0.3 is 12.1 Å². The maximum absolute atomic E-state index is 13.8. The van der Waals surface area contributed by atoms with Crippen LogP contribution in [0.1, 0.15) is 36.9 Å². The van der Waals surface area contributed by atoms with Gasteiger partial charge in [0.1, 0.15) is 10.7 Å². The number of hydrogen-bond acceptors (Lipinski definition) is 8. The van der Waals surface area contributed by atoms with E-state index in [0.717, 1.165) is 25.5 Å². The molecule has 0 bridgehead atoms. The summed E-state index contributed by atoms with van der Waals surface area (Å²) in [6.45, 7) is 2.70. The predicted molar refractivity (Wildman–Crippen MR) is 154 cm³/mol. The molecular formula is C27H34ClF3N9O+. The summed E-state index contributed by atoms with van der Waals surface area (Å²) in [7, 11) is 5.39. The lowest BCUT2D eigenvalue weighted by atomic mass is 10.0. The number of rotatable bonds is 9. The number of halogens is 4. The number of alkyl halides is 3. The second-order valence-electron chi connectivity index (χ2n) is 9.77. The summed E-state index contributed by atoms with van der Waals surface area (Å²) >= 11 is 6.75. The summed E-state index contributed by atoms with van der Waals surface area (Å²) in [6, 6.07) is 3.73. The Bertz CT molecular complexity index is 1500. The third-order valence-corrected chi connectivity index (χ3v) is 7.45. The number of pyridine rings is 1. The lowest BCUT2D eigenvalue weighted by Gasteiger charge is -2.21. The molecule has 0 saturated carbocycles. The fourth-order valence-corrected chi connectivity index (χ4v) is 5.14. The molecule has 1 aromatic carbocycles. The Kier molecular flexibility index (Phi) is 9.10. The Morgan fingerprint density at radius 1 is 1.34 bits per heavy atom. The molecule has 3 aromatic rings. The number of nitrogens with one attached hydrogen (secondary N) is 3. The Morgan fingerprint density at radius 3 is 2.71 bits per heavy atom. The highest BCUT2D eigenvalue weighted by Gasteiger charge is 2.34. The van der Waals surface area contributed by atoms with Crippen LogP contribution >= 0.6 is 11.6 Å². The van der Waals surface area contributed by atoms with E-state index in [2.05, 4.69) is 30.5 Å². The van der Waals surface area contributed by atoms with Gasteiger partial charge in [-0.3, -0.25) is 9.89 Å². The van der Waals surface area contributed by atoms with E-state index in [1.807, 2.05) is 14.0 Å². The first-order valence-electron chi connectivity index (χ1n) is 13.0. The molecule has 0 aliphatic carbocycles. The van der Waals surface area contributed by atoms with Crippen LogP contribution in [-0.2, 0) is 13.2 Å². The number of anilines is 2. The second-order valence-corrected chi connectivity index (χ2v) is 10.1. The number of likely N-dealkylation sites (tertiary alicyclic amines) is 1. The van der Waals surface area contributed by atoms with Crippen LogP contribution in [0.3, 0.4) is 0 Å². The van der Waals surface area contributed by atoms with E-state index in [-0.39, 0.29) is 34.3 Å². The number of fused-ring (bicyclic) bond motifs is 1. The first-order chi connectivity index (χ1) is 19.5. The maximum atomic E-state index is 13.8. The van der Waals surface area contributed by atoms with Crippen molar-refractivity contribution in [2.75, 3.05) is 26.0 Å². The number of aliphatic imine (C=N–C) groups is 1. The van der Waals surface area contributed by atoms with Gasteiger partial charge in [-0.1, -0.05) is 11.6 Å². The van der Waals surface area contributed by atoms with E-state index in [0.29, 0.717) is 28.4 Å². The van der Waals surface area contributed by atoms with Crippen LogP contribution in [0.15, 0.2) is 53.7 Å². The number of nitrogens with zero attached hydrogens (tertiary/aromatic N) is 4. The van der Waals surface area contributed by atoms with Gasteiger partial charge in [0, 0.05) is 24.6 Å². The molecule has 10 nitrogen and oxygen atoms in total. The molecule has 1 aliphatic rings. The van der Waals surface area contributed by atoms with Crippen LogP contribution in [0.2, 0.25) is 5.02 Å². The summed E-state index contributed by atoms with van der Waals surface area (Å²) < 4.78 is 49.1. The minimum atomic E-state index is -4.50. The average molecular weight is 593 g/mol. The van der Waals surface area contributed by atoms with Crippen LogP contribution in [0.4, 0.5) is 24.8 Å². The molecule has 1 aliphatic heterocycles. The quantitative estimate of drug-likeness (QED) is 0.143. The number of imidazole rings is 1. The average Bonchev–Trinajstić information content (AvgIpc) is 3.51. The van der Waals surface area contributed by atoms with Crippen LogP contribution in [0, 0.1) is 0 Å². The monoisotopic (exact) mass is 592 g/mol. The zero-order chi connectivity index (χ0) is 29.9. The molecule has 3 heterocycles. The molecule has 1 fully saturated rings. The highest BCUT2D eigenvalue weighted by atomic mass is 35.5. The van der Waals surface area contributed by atoms with Crippen LogP contribution in [0.5, 0.6) is 5.75 Å². The van der Waals surface area contributed by atoms with E-state index < -0.39 is 11.7 Å². The zero-order valence-corrected chi connectivity index (χ0v) is 23.9. The maximum Gasteiger partial charge on any atom is 0.416 e. The topological polar surface area (TPSA) is 133 Å². The Balaban J connectivity index is 1.70. The van der Waals surface area contributed by atoms with E-state index >= 15 is 0 Å². The van der Waals surface area contributed by atoms with Crippen LogP contribution in [-0.4, -0.2) is 47.3 Å². The summed E-state index contributed by atoms with van der Waals surface area (Å²) in [5.74, 6) is 0.818. The van der Waals surface area contributed by atoms with Crippen molar-refractivity contribution < 1.29 is 22.5 Å². The van der Waals surface area contributed by atoms with Crippen molar-refractivity contribution in [1.82, 2.24) is 20.2 Å². The Morgan fingerprint density at radius 2 is 2.10 bits per heavy atom. The molecule has 41 heavy (non-hydrogen) atoms. The molecule has 220 valence electrons. The largest absolute Gasteiger partial charge is 0.451 e. The number of ether oxygens (including phenoxy) is 1. The van der Waals surface area contributed by atoms with Gasteiger partial charge in [0.2, 0.25) is 5.65 Å². The summed E-state index contributed by atoms with van der Waals surface area (Å²) in [5, 5.41) is 6.37. The summed E-state index contributed by atoms with van der Waals surface area (Å²) in [4.78, 5) is 13.9. The number of H-pyrrole nitrogens is 1. The molecule has 2 unspecified atom stereocenters. The minimum absolute atomic E-state index is 0.0886. The first-order valence-corrected chi connectivity index (χ1v) is 13.3. The summed E-state index contributed by atoms with van der Waals surface area (Å²) in [6.07, 6.45) is 2.60. The Hall–Kier alpha value is -3.81. The van der Waals surface area contributed by atoms with E-state index in [4.69, 9.17) is 27.8 Å². The summed E-state index contributed by atoms with van der Waals surface area (Å²) in [5.41, 5.74) is 12.8. The number of benzene rings is 1. The van der Waals surface area contributed by atoms with Crippen molar-refractivity contribution in [3.05, 3.63) is 64.9 Å². The van der Waals surface area contributed by atoms with Crippen molar-refractivity contribution in [2.24, 2.45) is 23.5 Å². The van der Waals surface area contributed by atoms with Gasteiger partial charge in [0.25, 0.3) is 0 Å². The smallest absolute Gasteiger partial charge is 0.416 e. The van der Waals surface area contributed by atoms with Gasteiger partial charge in [-0.2, -0.15) is 13.2 Å². The molecule has 2 aromatic heterocycles. The Labute approximate surface area is 240 Å². The van der Waals surface area contributed by atoms with Gasteiger partial charge in [-0.05, 0) is 64.2 Å². The van der Waals surface area contributed by atoms with Crippen molar-refractivity contribution in [2.45, 2.75) is 38.0 Å². The number of aryl methyl sites for hydroxylation is 1. The fourth-order valence-electron chi connectivity index (χ4n) is 4.84. The number of hydrogen-bond donors (Lipinski definition) is 5. The van der Waals surface area contributed by atoms with Crippen LogP contribution < -0.4 is 31.4 Å². The van der Waals surface area contributed by atoms with Crippen molar-refractivity contribution in [3.8, 4) is 5.75 Å². The molecule has 0 amide bonds. The number of aromatic nitrogens is 3. The lowest BCUT2D eigenvalue weighted by Crippen LogP contribution is -2.34. The highest BCUT2D eigenvalue weighted by Crippen LogP contribution is 2.38. The molecular weight excluding hydrogens is 559 g/mol. The molecule has 2 atom stereocenters. The lowest BCUT2D eigenvalue weighted by molar-refractivity contribution is -0.629. The van der Waals surface area contributed by atoms with E-state index in [1.165, 1.54) is 30.9 Å². The molecule has 7 N–H and O–H groups in total. The molecule has 0 spiro atoms. The molecule has 0 radical (unpaired) electrons. The van der Waals surface area contributed by atoms with Crippen LogP contribution in [0.25, 0.3) is 11.2 Å². The van der Waals surface area contributed by atoms with Gasteiger partial charge in [0.05, 0.1) is 30.5 Å². The molecule has 14 heteroatoms. The van der Waals surface area contributed by atoms with Gasteiger partial charge in [-0.25, -0.2) is 19.9 Å². The zero-order valence-electron chi connectivity index (χ0n) is 23.2. The highest BCUT2D eigenvalue weighted by molar-refractivity contribution is 6.36. The van der Waals surface area contributed by atoms with Crippen molar-refractivity contribution in [1.29, 1.82) is 0 Å². The van der Waals surface area contributed by atoms with Gasteiger partial charge < -0.3 is 21.5 Å². The number of nitrogens with two attached hydrogens (primary N) is 2. The van der Waals surface area contributed by atoms with Crippen molar-refractivity contribution in [3.63, 3.8) is 0 Å². The normalized spacial score (nSPS) is 18.0. The van der Waals surface area contributed by atoms with E-state index in [1.54, 1.807) is 24.7 Å². The van der Waals surface area contributed by atoms with Gasteiger partial charge in [-0.15, -0.1) is 0 Å². The molecule has 4 rings (SSSR count). The minimum Gasteiger partial charge on any atom is -0.451 e. The standard InChI is InChI=1S/C27H33ClF3N9O/c1-15(34-2)23(35-8-7-32)20(13-33)41-21-14-36-25-24(22(21)28)40(4)26(38-25)37-18-11-16(19-6-5-9-39(19)3)10-17(12-18)27(29,30)31/h7-8,10-15,19,34H,5-6,9,32H2,1-4H3,(H3,33,35,36,37,38)/p+1/b8-7-. The molecule has 1 saturated heterocycles. The third-order valence-electron chi connectivity index (χ3n) is 7.08. The first kappa shape index (κ1) is 30.2. The van der Waals surface area contributed by atoms with Gasteiger partial charge in [0.15, 0.2) is 17.0 Å².